The lowest BCUT2D eigenvalue weighted by molar-refractivity contribution is 0.0697. The molecule has 34 heavy (non-hydrogen) atoms. The second kappa shape index (κ2) is 8.76. The molecule has 6 nitrogen and oxygen atoms in total. The molecule has 2 aromatic heterocycles. The Morgan fingerprint density at radius 3 is 2.56 bits per heavy atom. The summed E-state index contributed by atoms with van der Waals surface area (Å²) < 4.78 is 6.32. The predicted molar refractivity (Wildman–Crippen MR) is 135 cm³/mol. The maximum atomic E-state index is 11.7. The van der Waals surface area contributed by atoms with Gasteiger partial charge in [0.2, 0.25) is 0 Å². The van der Waals surface area contributed by atoms with Gasteiger partial charge in [0.15, 0.2) is 5.11 Å². The first kappa shape index (κ1) is 21.9. The molecule has 0 bridgehead atoms. The van der Waals surface area contributed by atoms with Gasteiger partial charge in [0.25, 0.3) is 0 Å². The van der Waals surface area contributed by atoms with Gasteiger partial charge >= 0.3 is 5.97 Å². The van der Waals surface area contributed by atoms with Gasteiger partial charge in [-0.2, -0.15) is 0 Å². The van der Waals surface area contributed by atoms with Crippen LogP contribution in [0.3, 0.4) is 0 Å². The fourth-order valence-electron chi connectivity index (χ4n) is 4.34. The summed E-state index contributed by atoms with van der Waals surface area (Å²) in [5.41, 5.74) is 4.87. The molecule has 7 heteroatoms. The molecule has 1 aliphatic heterocycles. The smallest absolute Gasteiger partial charge is 0.336 e. The van der Waals surface area contributed by atoms with Crippen molar-refractivity contribution < 1.29 is 14.3 Å². The standard InChI is InChI=1S/C27H23N3O3S/c1-16-10-11-18(15-17(16)2)30-25(24(29-27(30)34)21-9-5-6-14-28-21)23-13-12-22(33-23)19-7-3-4-8-20(19)26(31)32/h3-15,24-25H,1-2H3,(H,29,34)(H,31,32). The lowest BCUT2D eigenvalue weighted by atomic mass is 10.0. The van der Waals surface area contributed by atoms with E-state index in [4.69, 9.17) is 16.6 Å². The summed E-state index contributed by atoms with van der Waals surface area (Å²) >= 11 is 5.78. The van der Waals surface area contributed by atoms with Gasteiger partial charge in [-0.15, -0.1) is 0 Å². The van der Waals surface area contributed by atoms with E-state index in [0.717, 1.165) is 16.9 Å². The third-order valence-corrected chi connectivity index (χ3v) is 6.52. The third kappa shape index (κ3) is 3.84. The highest BCUT2D eigenvalue weighted by Gasteiger charge is 2.42. The minimum absolute atomic E-state index is 0.191. The first-order valence-corrected chi connectivity index (χ1v) is 11.3. The predicted octanol–water partition coefficient (Wildman–Crippen LogP) is 5.83. The SMILES string of the molecule is Cc1ccc(N2C(=S)NC(c3ccccn3)C2c2ccc(-c3ccccc3C(=O)O)o2)cc1C. The molecule has 2 unspecified atom stereocenters. The van der Waals surface area contributed by atoms with Crippen molar-refractivity contribution in [3.05, 3.63) is 107 Å². The van der Waals surface area contributed by atoms with Crippen molar-refractivity contribution >= 4 is 29.0 Å². The van der Waals surface area contributed by atoms with Gasteiger partial charge in [0.05, 0.1) is 17.3 Å². The van der Waals surface area contributed by atoms with Crippen LogP contribution >= 0.6 is 12.2 Å². The molecule has 0 spiro atoms. The van der Waals surface area contributed by atoms with E-state index in [9.17, 15) is 9.90 Å². The average Bonchev–Trinajstić information content (AvgIpc) is 3.46. The summed E-state index contributed by atoms with van der Waals surface area (Å²) in [6.07, 6.45) is 1.76. The highest BCUT2D eigenvalue weighted by molar-refractivity contribution is 7.80. The topological polar surface area (TPSA) is 78.6 Å². The summed E-state index contributed by atoms with van der Waals surface area (Å²) in [4.78, 5) is 18.4. The minimum atomic E-state index is -1.000. The molecule has 2 aromatic carbocycles. The number of aryl methyl sites for hydroxylation is 2. The summed E-state index contributed by atoms with van der Waals surface area (Å²) in [6.45, 7) is 4.15. The van der Waals surface area contributed by atoms with Crippen LogP contribution in [0.2, 0.25) is 0 Å². The lowest BCUT2D eigenvalue weighted by Gasteiger charge is -2.26. The Hall–Kier alpha value is -3.97. The maximum absolute atomic E-state index is 11.7. The Kier molecular flexibility index (Phi) is 5.63. The van der Waals surface area contributed by atoms with E-state index in [1.54, 1.807) is 30.5 Å². The number of thiocarbonyl (C=S) groups is 1. The van der Waals surface area contributed by atoms with Crippen LogP contribution in [0.5, 0.6) is 0 Å². The molecular formula is C27H23N3O3S. The van der Waals surface area contributed by atoms with Gasteiger partial charge in [-0.25, -0.2) is 4.79 Å². The monoisotopic (exact) mass is 469 g/mol. The van der Waals surface area contributed by atoms with E-state index in [1.807, 2.05) is 41.3 Å². The molecular weight excluding hydrogens is 446 g/mol. The van der Waals surface area contributed by atoms with E-state index in [1.165, 1.54) is 5.56 Å². The number of furan rings is 1. The van der Waals surface area contributed by atoms with Gasteiger partial charge in [-0.3, -0.25) is 4.98 Å². The number of hydrogen-bond donors (Lipinski definition) is 2. The molecule has 3 heterocycles. The number of nitrogens with zero attached hydrogens (tertiary/aromatic N) is 2. The Morgan fingerprint density at radius 2 is 1.82 bits per heavy atom. The number of anilines is 1. The molecule has 0 saturated carbocycles. The number of pyridine rings is 1. The van der Waals surface area contributed by atoms with Gasteiger partial charge in [0.1, 0.15) is 17.6 Å². The van der Waals surface area contributed by atoms with E-state index in [2.05, 4.69) is 36.3 Å². The highest BCUT2D eigenvalue weighted by Crippen LogP contribution is 2.43. The Balaban J connectivity index is 1.63. The second-order valence-corrected chi connectivity index (χ2v) is 8.70. The van der Waals surface area contributed by atoms with Gasteiger partial charge < -0.3 is 19.7 Å². The largest absolute Gasteiger partial charge is 0.478 e. The van der Waals surface area contributed by atoms with E-state index in [0.29, 0.717) is 22.2 Å². The number of nitrogens with one attached hydrogen (secondary N) is 1. The Bertz CT molecular complexity index is 1380. The highest BCUT2D eigenvalue weighted by atomic mass is 32.1. The van der Waals surface area contributed by atoms with Gasteiger partial charge in [0, 0.05) is 17.4 Å². The van der Waals surface area contributed by atoms with Crippen LogP contribution in [0.1, 0.15) is 45.0 Å². The quantitative estimate of drug-likeness (QED) is 0.356. The number of hydrogen-bond acceptors (Lipinski definition) is 4. The molecule has 2 N–H and O–H groups in total. The fourth-order valence-corrected chi connectivity index (χ4v) is 4.68. The van der Waals surface area contributed by atoms with Crippen molar-refractivity contribution in [1.29, 1.82) is 0 Å². The summed E-state index contributed by atoms with van der Waals surface area (Å²) in [5, 5.41) is 13.6. The van der Waals surface area contributed by atoms with Crippen LogP contribution in [0.4, 0.5) is 5.69 Å². The van der Waals surface area contributed by atoms with Crippen molar-refractivity contribution in [2.24, 2.45) is 0 Å². The minimum Gasteiger partial charge on any atom is -0.478 e. The van der Waals surface area contributed by atoms with Crippen LogP contribution in [0, 0.1) is 13.8 Å². The summed E-state index contributed by atoms with van der Waals surface area (Å²) in [6, 6.07) is 22.0. The molecule has 0 amide bonds. The van der Waals surface area contributed by atoms with Crippen molar-refractivity contribution in [1.82, 2.24) is 10.3 Å². The van der Waals surface area contributed by atoms with Crippen molar-refractivity contribution in [2.45, 2.75) is 25.9 Å². The zero-order valence-electron chi connectivity index (χ0n) is 18.7. The molecule has 2 atom stereocenters. The molecule has 1 aliphatic rings. The first-order chi connectivity index (χ1) is 16.4. The average molecular weight is 470 g/mol. The molecule has 1 fully saturated rings. The normalized spacial score (nSPS) is 17.6. The molecule has 1 saturated heterocycles. The van der Waals surface area contributed by atoms with Crippen molar-refractivity contribution in [2.75, 3.05) is 4.90 Å². The van der Waals surface area contributed by atoms with Crippen LogP contribution in [-0.2, 0) is 0 Å². The number of carboxylic acids is 1. The fraction of sp³-hybridized carbons (Fsp3) is 0.148. The number of carbonyl (C=O) groups is 1. The maximum Gasteiger partial charge on any atom is 0.336 e. The molecule has 0 aliphatic carbocycles. The van der Waals surface area contributed by atoms with E-state index in [-0.39, 0.29) is 17.6 Å². The van der Waals surface area contributed by atoms with Gasteiger partial charge in [-0.1, -0.05) is 30.3 Å². The van der Waals surface area contributed by atoms with Crippen molar-refractivity contribution in [3.8, 4) is 11.3 Å². The Morgan fingerprint density at radius 1 is 1.03 bits per heavy atom. The second-order valence-electron chi connectivity index (χ2n) is 8.32. The van der Waals surface area contributed by atoms with Crippen molar-refractivity contribution in [3.63, 3.8) is 0 Å². The van der Waals surface area contributed by atoms with Gasteiger partial charge in [-0.05, 0) is 79.7 Å². The molecule has 0 radical (unpaired) electrons. The van der Waals surface area contributed by atoms with Crippen LogP contribution in [0.15, 0.2) is 83.4 Å². The number of aromatic nitrogens is 1. The first-order valence-electron chi connectivity index (χ1n) is 10.9. The van der Waals surface area contributed by atoms with Crippen LogP contribution in [0.25, 0.3) is 11.3 Å². The third-order valence-electron chi connectivity index (χ3n) is 6.21. The molecule has 5 rings (SSSR count). The summed E-state index contributed by atoms with van der Waals surface area (Å²) in [7, 11) is 0. The number of carboxylic acid groups (broad SMARTS) is 1. The summed E-state index contributed by atoms with van der Waals surface area (Å²) in [5.74, 6) is 0.155. The molecule has 170 valence electrons. The zero-order chi connectivity index (χ0) is 23.8. The zero-order valence-corrected chi connectivity index (χ0v) is 19.5. The number of benzene rings is 2. The number of rotatable bonds is 5. The van der Waals surface area contributed by atoms with E-state index < -0.39 is 5.97 Å². The van der Waals surface area contributed by atoms with Crippen LogP contribution in [-0.4, -0.2) is 21.2 Å². The Labute approximate surface area is 202 Å². The number of aromatic carboxylic acids is 1. The van der Waals surface area contributed by atoms with Crippen LogP contribution < -0.4 is 10.2 Å². The van der Waals surface area contributed by atoms with E-state index >= 15 is 0 Å². The lowest BCUT2D eigenvalue weighted by Crippen LogP contribution is -2.29. The molecule has 4 aromatic rings.